The summed E-state index contributed by atoms with van der Waals surface area (Å²) >= 11 is 0. The Kier molecular flexibility index (Phi) is 5.32. The van der Waals surface area contributed by atoms with Crippen molar-refractivity contribution in [3.8, 4) is 0 Å². The largest absolute Gasteiger partial charge is 0.419 e. The minimum Gasteiger partial charge on any atom is -0.319 e. The molecule has 1 atom stereocenters. The number of halogens is 4. The van der Waals surface area contributed by atoms with Crippen molar-refractivity contribution in [3.05, 3.63) is 29.6 Å². The fourth-order valence-corrected chi connectivity index (χ4v) is 4.31. The Bertz CT molecular complexity index is 659. The Balaban J connectivity index is 2.33. The van der Waals surface area contributed by atoms with E-state index in [-0.39, 0.29) is 19.0 Å². The van der Waals surface area contributed by atoms with E-state index in [0.29, 0.717) is 25.1 Å². The van der Waals surface area contributed by atoms with Gasteiger partial charge in [0.15, 0.2) is 0 Å². The number of alkyl halides is 3. The predicted octanol–water partition coefficient (Wildman–Crippen LogP) is 2.46. The zero-order chi connectivity index (χ0) is 17.3. The van der Waals surface area contributed by atoms with Gasteiger partial charge < -0.3 is 5.32 Å². The summed E-state index contributed by atoms with van der Waals surface area (Å²) in [7, 11) is -2.32. The van der Waals surface area contributed by atoms with Crippen LogP contribution in [0.5, 0.6) is 0 Å². The smallest absolute Gasteiger partial charge is 0.319 e. The molecule has 1 aromatic carbocycles. The van der Waals surface area contributed by atoms with Crippen molar-refractivity contribution in [1.29, 1.82) is 0 Å². The summed E-state index contributed by atoms with van der Waals surface area (Å²) in [6.07, 6.45) is -3.45. The molecule has 0 bridgehead atoms. The molecule has 4 nitrogen and oxygen atoms in total. The number of rotatable bonds is 4. The first-order valence-corrected chi connectivity index (χ1v) is 8.61. The van der Waals surface area contributed by atoms with Gasteiger partial charge in [0.1, 0.15) is 5.82 Å². The van der Waals surface area contributed by atoms with Gasteiger partial charge >= 0.3 is 6.18 Å². The van der Waals surface area contributed by atoms with Crippen LogP contribution < -0.4 is 5.32 Å². The van der Waals surface area contributed by atoms with Gasteiger partial charge in [-0.05, 0) is 50.6 Å². The van der Waals surface area contributed by atoms with Crippen molar-refractivity contribution in [3.63, 3.8) is 0 Å². The molecular weight excluding hydrogens is 336 g/mol. The maximum atomic E-state index is 13.3. The summed E-state index contributed by atoms with van der Waals surface area (Å²) in [5.74, 6) is -1.38. The van der Waals surface area contributed by atoms with Crippen molar-refractivity contribution in [2.45, 2.75) is 23.9 Å². The third-order valence-electron chi connectivity index (χ3n) is 3.86. The van der Waals surface area contributed by atoms with Crippen LogP contribution in [-0.4, -0.2) is 39.4 Å². The maximum Gasteiger partial charge on any atom is 0.419 e. The molecule has 0 saturated carbocycles. The maximum absolute atomic E-state index is 13.3. The van der Waals surface area contributed by atoms with Crippen LogP contribution in [0.1, 0.15) is 18.4 Å². The van der Waals surface area contributed by atoms with Crippen LogP contribution >= 0.6 is 0 Å². The van der Waals surface area contributed by atoms with Gasteiger partial charge in [-0.25, -0.2) is 12.8 Å². The summed E-state index contributed by atoms with van der Waals surface area (Å²) < 4.78 is 77.9. The van der Waals surface area contributed by atoms with Crippen molar-refractivity contribution >= 4 is 10.0 Å². The second kappa shape index (κ2) is 6.74. The Hall–Kier alpha value is -1.19. The highest BCUT2D eigenvalue weighted by Gasteiger charge is 2.37. The lowest BCUT2D eigenvalue weighted by molar-refractivity contribution is -0.140. The van der Waals surface area contributed by atoms with E-state index in [4.69, 9.17) is 0 Å². The summed E-state index contributed by atoms with van der Waals surface area (Å²) in [5, 5.41) is 2.97. The van der Waals surface area contributed by atoms with E-state index in [1.54, 1.807) is 7.05 Å². The number of hydrogen-bond acceptors (Lipinski definition) is 3. The minimum absolute atomic E-state index is 0.103. The number of nitrogens with zero attached hydrogens (tertiary/aromatic N) is 1. The van der Waals surface area contributed by atoms with Crippen LogP contribution in [0.25, 0.3) is 0 Å². The standard InChI is InChI=1S/C14H18F4N2O2S/c1-19-8-10-3-2-6-20(9-10)23(21,22)11-4-5-13(15)12(7-11)14(16,17)18/h4-5,7,10,19H,2-3,6,8-9H2,1H3. The molecule has 1 aliphatic rings. The molecule has 0 aromatic heterocycles. The van der Waals surface area contributed by atoms with Gasteiger partial charge in [-0.1, -0.05) is 0 Å². The van der Waals surface area contributed by atoms with Crippen LogP contribution in [0, 0.1) is 11.7 Å². The van der Waals surface area contributed by atoms with Crippen molar-refractivity contribution in [1.82, 2.24) is 9.62 Å². The van der Waals surface area contributed by atoms with Crippen molar-refractivity contribution < 1.29 is 26.0 Å². The highest BCUT2D eigenvalue weighted by atomic mass is 32.2. The Morgan fingerprint density at radius 2 is 2.04 bits per heavy atom. The highest BCUT2D eigenvalue weighted by Crippen LogP contribution is 2.34. The second-order valence-corrected chi connectivity index (χ2v) is 7.51. The number of piperidine rings is 1. The summed E-state index contributed by atoms with van der Waals surface area (Å²) in [6.45, 7) is 1.12. The van der Waals surface area contributed by atoms with Crippen LogP contribution in [0.4, 0.5) is 17.6 Å². The molecule has 1 aromatic rings. The first-order chi connectivity index (χ1) is 10.7. The molecule has 0 radical (unpaired) electrons. The normalized spacial score (nSPS) is 20.7. The van der Waals surface area contributed by atoms with Gasteiger partial charge in [-0.2, -0.15) is 17.5 Å². The van der Waals surface area contributed by atoms with Crippen LogP contribution in [-0.2, 0) is 16.2 Å². The lowest BCUT2D eigenvalue weighted by atomic mass is 10.00. The average molecular weight is 354 g/mol. The third kappa shape index (κ3) is 4.02. The number of hydrogen-bond donors (Lipinski definition) is 1. The Morgan fingerprint density at radius 3 is 2.65 bits per heavy atom. The molecule has 1 heterocycles. The molecule has 9 heteroatoms. The summed E-state index contributed by atoms with van der Waals surface area (Å²) in [4.78, 5) is -0.531. The van der Waals surface area contributed by atoms with Crippen LogP contribution in [0.15, 0.2) is 23.1 Å². The van der Waals surface area contributed by atoms with Gasteiger partial charge in [-0.3, -0.25) is 0 Å². The van der Waals surface area contributed by atoms with E-state index in [9.17, 15) is 26.0 Å². The van der Waals surface area contributed by atoms with Gasteiger partial charge in [-0.15, -0.1) is 0 Å². The predicted molar refractivity (Wildman–Crippen MR) is 76.8 cm³/mol. The molecule has 1 fully saturated rings. The molecule has 2 rings (SSSR count). The minimum atomic E-state index is -4.94. The molecule has 0 aliphatic carbocycles. The molecule has 0 spiro atoms. The van der Waals surface area contributed by atoms with Crippen LogP contribution in [0.2, 0.25) is 0 Å². The summed E-state index contributed by atoms with van der Waals surface area (Å²) in [5.41, 5.74) is -1.57. The topological polar surface area (TPSA) is 49.4 Å². The fourth-order valence-electron chi connectivity index (χ4n) is 2.73. The van der Waals surface area contributed by atoms with Crippen LogP contribution in [0.3, 0.4) is 0 Å². The van der Waals surface area contributed by atoms with Gasteiger partial charge in [0.25, 0.3) is 0 Å². The number of benzene rings is 1. The molecule has 0 amide bonds. The van der Waals surface area contributed by atoms with E-state index in [1.807, 2.05) is 0 Å². The fraction of sp³-hybridized carbons (Fsp3) is 0.571. The van der Waals surface area contributed by atoms with E-state index in [2.05, 4.69) is 5.32 Å². The van der Waals surface area contributed by atoms with E-state index >= 15 is 0 Å². The first-order valence-electron chi connectivity index (χ1n) is 7.17. The van der Waals surface area contributed by atoms with Crippen molar-refractivity contribution in [2.75, 3.05) is 26.7 Å². The van der Waals surface area contributed by atoms with E-state index < -0.39 is 32.5 Å². The average Bonchev–Trinajstić information content (AvgIpc) is 2.47. The SMILES string of the molecule is CNCC1CCCN(S(=O)(=O)c2ccc(F)c(C(F)(F)F)c2)C1. The highest BCUT2D eigenvalue weighted by molar-refractivity contribution is 7.89. The van der Waals surface area contributed by atoms with Gasteiger partial charge in [0.2, 0.25) is 10.0 Å². The molecule has 1 N–H and O–H groups in total. The third-order valence-corrected chi connectivity index (χ3v) is 5.72. The molecular formula is C14H18F4N2O2S. The quantitative estimate of drug-likeness (QED) is 0.845. The summed E-state index contributed by atoms with van der Waals surface area (Å²) in [6, 6.07) is 1.79. The lowest BCUT2D eigenvalue weighted by Crippen LogP contribution is -2.42. The van der Waals surface area contributed by atoms with E-state index in [0.717, 1.165) is 12.5 Å². The van der Waals surface area contributed by atoms with Gasteiger partial charge in [0.05, 0.1) is 10.5 Å². The first kappa shape index (κ1) is 18.2. The monoisotopic (exact) mass is 354 g/mol. The van der Waals surface area contributed by atoms with Crippen molar-refractivity contribution in [2.24, 2.45) is 5.92 Å². The molecule has 23 heavy (non-hydrogen) atoms. The molecule has 1 aliphatic heterocycles. The Morgan fingerprint density at radius 1 is 1.35 bits per heavy atom. The van der Waals surface area contributed by atoms with E-state index in [1.165, 1.54) is 4.31 Å². The molecule has 130 valence electrons. The number of nitrogens with one attached hydrogen (secondary N) is 1. The lowest BCUT2D eigenvalue weighted by Gasteiger charge is -2.32. The van der Waals surface area contributed by atoms with Gasteiger partial charge in [0, 0.05) is 13.1 Å². The molecule has 1 unspecified atom stereocenters. The zero-order valence-electron chi connectivity index (χ0n) is 12.5. The molecule has 1 saturated heterocycles. The Labute approximate surface area is 132 Å². The zero-order valence-corrected chi connectivity index (χ0v) is 13.3. The number of sulfonamides is 1. The second-order valence-electron chi connectivity index (χ2n) is 5.57.